The number of Topliss-reactive ketones (excluding diaryl/α,β-unsaturated/α-hetero) is 1. The molecule has 0 saturated carbocycles. The third kappa shape index (κ3) is 4.11. The van der Waals surface area contributed by atoms with Crippen LogP contribution in [-0.2, 0) is 11.3 Å². The van der Waals surface area contributed by atoms with Crippen LogP contribution in [0.1, 0.15) is 39.9 Å². The van der Waals surface area contributed by atoms with Crippen molar-refractivity contribution in [3.8, 4) is 5.75 Å². The Balaban J connectivity index is 1.73. The number of rotatable bonds is 5. The summed E-state index contributed by atoms with van der Waals surface area (Å²) in [5, 5.41) is 8.90. The van der Waals surface area contributed by atoms with Gasteiger partial charge in [-0.3, -0.25) is 9.69 Å². The predicted octanol–water partition coefficient (Wildman–Crippen LogP) is 4.14. The molecular formula is C21H23NO5. The Labute approximate surface area is 158 Å². The van der Waals surface area contributed by atoms with Gasteiger partial charge in [0.2, 0.25) is 0 Å². The molecule has 0 radical (unpaired) electrons. The third-order valence-electron chi connectivity index (χ3n) is 4.88. The summed E-state index contributed by atoms with van der Waals surface area (Å²) in [6.45, 7) is 4.21. The number of hydrogen-bond acceptors (Lipinski definition) is 5. The van der Waals surface area contributed by atoms with Gasteiger partial charge < -0.3 is 9.62 Å². The second kappa shape index (κ2) is 8.22. The van der Waals surface area contributed by atoms with Crippen molar-refractivity contribution in [2.24, 2.45) is 0 Å². The number of likely N-dealkylation sites (tertiary alicyclic amines) is 1. The average Bonchev–Trinajstić information content (AvgIpc) is 3.17. The van der Waals surface area contributed by atoms with Gasteiger partial charge in [0.15, 0.2) is 11.5 Å². The van der Waals surface area contributed by atoms with Gasteiger partial charge in [0.1, 0.15) is 6.61 Å². The second-order valence-corrected chi connectivity index (χ2v) is 6.78. The van der Waals surface area contributed by atoms with Crippen LogP contribution in [0.15, 0.2) is 42.5 Å². The van der Waals surface area contributed by atoms with Crippen molar-refractivity contribution in [1.29, 1.82) is 0 Å². The number of benzene rings is 2. The van der Waals surface area contributed by atoms with Crippen molar-refractivity contribution >= 4 is 11.9 Å². The van der Waals surface area contributed by atoms with Crippen molar-refractivity contribution in [2.75, 3.05) is 6.54 Å². The predicted molar refractivity (Wildman–Crippen MR) is 99.9 cm³/mol. The van der Waals surface area contributed by atoms with E-state index in [0.717, 1.165) is 12.0 Å². The normalized spacial score (nSPS) is 16.3. The number of amides is 1. The number of carbonyl (C=O) groups is 2. The van der Waals surface area contributed by atoms with Gasteiger partial charge in [-0.05, 0) is 55.5 Å². The van der Waals surface area contributed by atoms with Gasteiger partial charge in [-0.1, -0.05) is 30.3 Å². The van der Waals surface area contributed by atoms with Gasteiger partial charge in [-0.15, -0.1) is 0 Å². The van der Waals surface area contributed by atoms with Gasteiger partial charge in [-0.2, -0.15) is 0 Å². The molecule has 1 atom stereocenters. The molecular weight excluding hydrogens is 346 g/mol. The van der Waals surface area contributed by atoms with Crippen LogP contribution in [-0.4, -0.2) is 34.6 Å². The Hall–Kier alpha value is -2.86. The molecule has 0 bridgehead atoms. The molecule has 1 fully saturated rings. The van der Waals surface area contributed by atoms with E-state index in [1.54, 1.807) is 26.0 Å². The van der Waals surface area contributed by atoms with Crippen molar-refractivity contribution in [3.05, 3.63) is 64.7 Å². The molecule has 3 rings (SSSR count). The van der Waals surface area contributed by atoms with Crippen molar-refractivity contribution in [3.63, 3.8) is 0 Å². The van der Waals surface area contributed by atoms with E-state index in [-0.39, 0.29) is 12.4 Å². The molecule has 6 heteroatoms. The Morgan fingerprint density at radius 3 is 2.59 bits per heavy atom. The van der Waals surface area contributed by atoms with Gasteiger partial charge in [0.25, 0.3) is 0 Å². The zero-order valence-corrected chi connectivity index (χ0v) is 15.5. The Morgan fingerprint density at radius 2 is 1.89 bits per heavy atom. The quantitative estimate of drug-likeness (QED) is 0.487. The number of ketones is 1. The Morgan fingerprint density at radius 1 is 1.15 bits per heavy atom. The molecule has 1 unspecified atom stereocenters. The van der Waals surface area contributed by atoms with Crippen LogP contribution in [0.25, 0.3) is 0 Å². The van der Waals surface area contributed by atoms with E-state index >= 15 is 0 Å². The van der Waals surface area contributed by atoms with Crippen LogP contribution in [0.3, 0.4) is 0 Å². The first kappa shape index (κ1) is 18.9. The molecule has 1 saturated heterocycles. The maximum atomic E-state index is 13.1. The molecule has 1 aliphatic rings. The van der Waals surface area contributed by atoms with Gasteiger partial charge in [0.05, 0.1) is 6.04 Å². The zero-order valence-electron chi connectivity index (χ0n) is 15.5. The fourth-order valence-corrected chi connectivity index (χ4v) is 3.39. The standard InChI is InChI=1S/C21H23NO5/c1-14-12-19(27-25)15(2)11-17(14)20(23)18-9-6-10-22(18)21(24)26-13-16-7-4-3-5-8-16/h3-5,7-8,11-12,18,25H,6,9-10,13H2,1-2H3. The van der Waals surface area contributed by atoms with Crippen LogP contribution >= 0.6 is 0 Å². The summed E-state index contributed by atoms with van der Waals surface area (Å²) in [5.74, 6) is 0.198. The van der Waals surface area contributed by atoms with Crippen LogP contribution in [0.4, 0.5) is 4.79 Å². The number of hydrogen-bond donors (Lipinski definition) is 1. The fraction of sp³-hybridized carbons (Fsp3) is 0.333. The fourth-order valence-electron chi connectivity index (χ4n) is 3.39. The van der Waals surface area contributed by atoms with Crippen molar-refractivity contribution in [1.82, 2.24) is 4.90 Å². The lowest BCUT2D eigenvalue weighted by atomic mass is 9.96. The molecule has 1 heterocycles. The highest BCUT2D eigenvalue weighted by molar-refractivity contribution is 6.03. The SMILES string of the molecule is Cc1cc(C(=O)C2CCCN2C(=O)OCc2ccccc2)c(C)cc1OO. The molecule has 0 aliphatic carbocycles. The topological polar surface area (TPSA) is 76.1 Å². The first-order valence-corrected chi connectivity index (χ1v) is 8.95. The lowest BCUT2D eigenvalue weighted by molar-refractivity contribution is -0.138. The monoisotopic (exact) mass is 369 g/mol. The number of nitrogens with zero attached hydrogens (tertiary/aromatic N) is 1. The molecule has 1 aliphatic heterocycles. The molecule has 6 nitrogen and oxygen atoms in total. The first-order chi connectivity index (χ1) is 13.0. The molecule has 2 aromatic carbocycles. The van der Waals surface area contributed by atoms with E-state index in [9.17, 15) is 9.59 Å². The van der Waals surface area contributed by atoms with Crippen molar-refractivity contribution in [2.45, 2.75) is 39.3 Å². The number of carbonyl (C=O) groups excluding carboxylic acids is 2. The average molecular weight is 369 g/mol. The minimum absolute atomic E-state index is 0.116. The highest BCUT2D eigenvalue weighted by atomic mass is 17.1. The summed E-state index contributed by atoms with van der Waals surface area (Å²) in [7, 11) is 0. The summed E-state index contributed by atoms with van der Waals surface area (Å²) in [4.78, 5) is 31.4. The van der Waals surface area contributed by atoms with Crippen LogP contribution in [0.5, 0.6) is 5.75 Å². The first-order valence-electron chi connectivity index (χ1n) is 8.95. The number of ether oxygens (including phenoxy) is 1. The highest BCUT2D eigenvalue weighted by Gasteiger charge is 2.36. The van der Waals surface area contributed by atoms with Crippen LogP contribution < -0.4 is 4.89 Å². The second-order valence-electron chi connectivity index (χ2n) is 6.78. The molecule has 27 heavy (non-hydrogen) atoms. The highest BCUT2D eigenvalue weighted by Crippen LogP contribution is 2.27. The maximum absolute atomic E-state index is 13.1. The van der Waals surface area contributed by atoms with Crippen LogP contribution in [0.2, 0.25) is 0 Å². The molecule has 1 N–H and O–H groups in total. The molecule has 2 aromatic rings. The lowest BCUT2D eigenvalue weighted by Gasteiger charge is -2.24. The zero-order chi connectivity index (χ0) is 19.4. The van der Waals surface area contributed by atoms with E-state index in [1.807, 2.05) is 30.3 Å². The Bertz CT molecular complexity index is 834. The smallest absolute Gasteiger partial charge is 0.410 e. The van der Waals surface area contributed by atoms with E-state index in [0.29, 0.717) is 35.4 Å². The summed E-state index contributed by atoms with van der Waals surface area (Å²) >= 11 is 0. The minimum atomic E-state index is -0.535. The van der Waals surface area contributed by atoms with Gasteiger partial charge >= 0.3 is 6.09 Å². The van der Waals surface area contributed by atoms with Gasteiger partial charge in [0, 0.05) is 12.1 Å². The summed E-state index contributed by atoms with van der Waals surface area (Å²) in [6, 6.07) is 12.2. The lowest BCUT2D eigenvalue weighted by Crippen LogP contribution is -2.41. The molecule has 0 spiro atoms. The maximum Gasteiger partial charge on any atom is 0.410 e. The third-order valence-corrected chi connectivity index (χ3v) is 4.88. The summed E-state index contributed by atoms with van der Waals surface area (Å²) in [6.07, 6.45) is 0.891. The molecule has 142 valence electrons. The van der Waals surface area contributed by atoms with E-state index < -0.39 is 12.1 Å². The minimum Gasteiger partial charge on any atom is -0.445 e. The van der Waals surface area contributed by atoms with Gasteiger partial charge in [-0.25, -0.2) is 10.1 Å². The van der Waals surface area contributed by atoms with E-state index in [4.69, 9.17) is 9.99 Å². The van der Waals surface area contributed by atoms with E-state index in [2.05, 4.69) is 4.89 Å². The molecule has 1 amide bonds. The van der Waals surface area contributed by atoms with E-state index in [1.165, 1.54) is 4.90 Å². The summed E-state index contributed by atoms with van der Waals surface area (Å²) in [5.41, 5.74) is 2.78. The number of aryl methyl sites for hydroxylation is 2. The summed E-state index contributed by atoms with van der Waals surface area (Å²) < 4.78 is 5.40. The van der Waals surface area contributed by atoms with Crippen LogP contribution in [0, 0.1) is 13.8 Å². The molecule has 0 aromatic heterocycles. The largest absolute Gasteiger partial charge is 0.445 e. The Kier molecular flexibility index (Phi) is 5.76. The van der Waals surface area contributed by atoms with Crippen molar-refractivity contribution < 1.29 is 24.5 Å².